The van der Waals surface area contributed by atoms with Gasteiger partial charge in [-0.25, -0.2) is 23.4 Å². The Hall–Kier alpha value is -4.28. The van der Waals surface area contributed by atoms with Crippen molar-refractivity contribution in [2.45, 2.75) is 57.4 Å². The zero-order valence-electron chi connectivity index (χ0n) is 22.6. The van der Waals surface area contributed by atoms with Gasteiger partial charge in [0, 0.05) is 35.8 Å². The molecule has 0 bridgehead atoms. The number of esters is 1. The molecule has 2 aromatic carbocycles. The van der Waals surface area contributed by atoms with Gasteiger partial charge in [0.1, 0.15) is 12.0 Å². The molecule has 9 nitrogen and oxygen atoms in total. The summed E-state index contributed by atoms with van der Waals surface area (Å²) in [6, 6.07) is 8.93. The van der Waals surface area contributed by atoms with Crippen LogP contribution in [0.5, 0.6) is 0 Å². The Morgan fingerprint density at radius 3 is 2.66 bits per heavy atom. The Balaban J connectivity index is 1.27. The number of piperidine rings is 1. The largest absolute Gasteiger partial charge is 0.465 e. The lowest BCUT2D eigenvalue weighted by Gasteiger charge is -2.33. The molecular formula is C30H30F2N4O5. The lowest BCUT2D eigenvalue weighted by molar-refractivity contribution is -0.149. The number of hydrogen-bond donors (Lipinski definition) is 1. The van der Waals surface area contributed by atoms with Gasteiger partial charge in [0.15, 0.2) is 6.04 Å². The molecule has 1 unspecified atom stereocenters. The van der Waals surface area contributed by atoms with Crippen molar-refractivity contribution in [3.05, 3.63) is 76.6 Å². The molecule has 1 aromatic heterocycles. The molecular weight excluding hydrogens is 534 g/mol. The fourth-order valence-corrected chi connectivity index (χ4v) is 6.28. The number of benzene rings is 2. The summed E-state index contributed by atoms with van der Waals surface area (Å²) in [5.41, 5.74) is 3.62. The van der Waals surface area contributed by atoms with E-state index in [1.165, 1.54) is 11.0 Å². The average Bonchev–Trinajstić information content (AvgIpc) is 3.66. The molecule has 3 aliphatic heterocycles. The van der Waals surface area contributed by atoms with Crippen molar-refractivity contribution in [3.63, 3.8) is 0 Å². The minimum absolute atomic E-state index is 0.0814. The number of aromatic nitrogens is 2. The number of imidazole rings is 1. The van der Waals surface area contributed by atoms with E-state index in [1.807, 2.05) is 4.57 Å². The lowest BCUT2D eigenvalue weighted by atomic mass is 9.87. The molecule has 41 heavy (non-hydrogen) atoms. The third-order valence-corrected chi connectivity index (χ3v) is 8.37. The van der Waals surface area contributed by atoms with Gasteiger partial charge in [-0.2, -0.15) is 0 Å². The van der Waals surface area contributed by atoms with E-state index in [0.717, 1.165) is 35.5 Å². The zero-order valence-corrected chi connectivity index (χ0v) is 22.6. The second-order valence-corrected chi connectivity index (χ2v) is 10.7. The SMILES string of the molecule is CCOC(=O)C(c1ncn2c1CCC2)N1Cc2c(F)cc(-c3ccc([C@H]4CCN(C(=O)O)C[C@@H]4F)cc3)cc2C1=O. The highest BCUT2D eigenvalue weighted by Gasteiger charge is 2.42. The molecule has 0 radical (unpaired) electrons. The van der Waals surface area contributed by atoms with Crippen LogP contribution in [0.4, 0.5) is 13.6 Å². The van der Waals surface area contributed by atoms with Crippen molar-refractivity contribution in [1.29, 1.82) is 0 Å². The lowest BCUT2D eigenvalue weighted by Crippen LogP contribution is -2.43. The van der Waals surface area contributed by atoms with E-state index in [1.54, 1.807) is 43.6 Å². The summed E-state index contributed by atoms with van der Waals surface area (Å²) in [6.07, 6.45) is 1.23. The number of hydrogen-bond acceptors (Lipinski definition) is 5. The van der Waals surface area contributed by atoms with E-state index in [0.29, 0.717) is 23.2 Å². The van der Waals surface area contributed by atoms with E-state index >= 15 is 4.39 Å². The molecule has 3 aliphatic rings. The van der Waals surface area contributed by atoms with Crippen LogP contribution in [0, 0.1) is 5.82 Å². The van der Waals surface area contributed by atoms with Gasteiger partial charge in [0.05, 0.1) is 31.7 Å². The Labute approximate surface area is 235 Å². The Bertz CT molecular complexity index is 1520. The van der Waals surface area contributed by atoms with E-state index in [9.17, 15) is 18.8 Å². The van der Waals surface area contributed by atoms with Crippen LogP contribution in [0.1, 0.15) is 64.6 Å². The standard InChI is InChI=1S/C30H30F2N4O5/c1-2-41-29(38)27(26-25-4-3-10-35(25)16-33-26)36-14-22-21(28(36)37)12-19(13-23(22)31)17-5-7-18(8-6-17)20-9-11-34(30(39)40)15-24(20)32/h5-8,12-13,16,20,24,27H,2-4,9-11,14-15H2,1H3,(H,39,40)/t20-,24+,27?/m1/s1. The van der Waals surface area contributed by atoms with Gasteiger partial charge in [-0.05, 0) is 55.0 Å². The van der Waals surface area contributed by atoms with E-state index in [-0.39, 0.29) is 37.4 Å². The number of fused-ring (bicyclic) bond motifs is 2. The number of alkyl halides is 1. The molecule has 4 heterocycles. The minimum Gasteiger partial charge on any atom is -0.465 e. The smallest absolute Gasteiger partial charge is 0.407 e. The van der Waals surface area contributed by atoms with Crippen LogP contribution >= 0.6 is 0 Å². The summed E-state index contributed by atoms with van der Waals surface area (Å²) in [4.78, 5) is 44.8. The molecule has 6 rings (SSSR count). The summed E-state index contributed by atoms with van der Waals surface area (Å²) in [6.45, 7) is 2.61. The van der Waals surface area contributed by atoms with Crippen LogP contribution in [0.15, 0.2) is 42.7 Å². The number of ether oxygens (including phenoxy) is 1. The third kappa shape index (κ3) is 4.72. The first kappa shape index (κ1) is 26.9. The van der Waals surface area contributed by atoms with Gasteiger partial charge in [0.2, 0.25) is 0 Å². The quantitative estimate of drug-likeness (QED) is 0.435. The van der Waals surface area contributed by atoms with Gasteiger partial charge in [-0.1, -0.05) is 24.3 Å². The van der Waals surface area contributed by atoms with E-state index in [2.05, 4.69) is 4.98 Å². The van der Waals surface area contributed by atoms with Crippen LogP contribution in [0.25, 0.3) is 11.1 Å². The maximum absolute atomic E-state index is 15.5. The number of amides is 2. The van der Waals surface area contributed by atoms with Crippen molar-refractivity contribution < 1.29 is 33.0 Å². The maximum atomic E-state index is 15.5. The van der Waals surface area contributed by atoms with Crippen LogP contribution in [0.3, 0.4) is 0 Å². The first-order chi connectivity index (χ1) is 19.8. The Morgan fingerprint density at radius 1 is 1.17 bits per heavy atom. The molecule has 3 atom stereocenters. The van der Waals surface area contributed by atoms with Gasteiger partial charge >= 0.3 is 12.1 Å². The molecule has 0 saturated carbocycles. The summed E-state index contributed by atoms with van der Waals surface area (Å²) in [5, 5.41) is 9.14. The summed E-state index contributed by atoms with van der Waals surface area (Å²) in [7, 11) is 0. The van der Waals surface area contributed by atoms with Crippen molar-refractivity contribution in [2.24, 2.45) is 0 Å². The van der Waals surface area contributed by atoms with Gasteiger partial charge < -0.3 is 24.2 Å². The van der Waals surface area contributed by atoms with Crippen molar-refractivity contribution in [2.75, 3.05) is 19.7 Å². The summed E-state index contributed by atoms with van der Waals surface area (Å²) >= 11 is 0. The second kappa shape index (κ2) is 10.6. The fraction of sp³-hybridized carbons (Fsp3) is 0.400. The molecule has 0 aliphatic carbocycles. The Morgan fingerprint density at radius 2 is 1.95 bits per heavy atom. The molecule has 2 amide bonds. The predicted molar refractivity (Wildman–Crippen MR) is 143 cm³/mol. The first-order valence-corrected chi connectivity index (χ1v) is 13.8. The Kier molecular flexibility index (Phi) is 6.96. The second-order valence-electron chi connectivity index (χ2n) is 10.7. The number of carbonyl (C=O) groups is 3. The number of aryl methyl sites for hydroxylation is 1. The summed E-state index contributed by atoms with van der Waals surface area (Å²) < 4.78 is 37.5. The molecule has 1 fully saturated rings. The van der Waals surface area contributed by atoms with Crippen molar-refractivity contribution in [1.82, 2.24) is 19.4 Å². The number of carboxylic acid groups (broad SMARTS) is 1. The average molecular weight is 565 g/mol. The van der Waals surface area contributed by atoms with E-state index in [4.69, 9.17) is 9.84 Å². The van der Waals surface area contributed by atoms with Crippen molar-refractivity contribution in [3.8, 4) is 11.1 Å². The highest BCUT2D eigenvalue weighted by Crippen LogP contribution is 2.38. The third-order valence-electron chi connectivity index (χ3n) is 8.37. The van der Waals surface area contributed by atoms with Crippen LogP contribution in [-0.4, -0.2) is 68.3 Å². The monoisotopic (exact) mass is 564 g/mol. The highest BCUT2D eigenvalue weighted by atomic mass is 19.1. The number of halogens is 2. The van der Waals surface area contributed by atoms with Gasteiger partial charge in [-0.15, -0.1) is 0 Å². The topological polar surface area (TPSA) is 105 Å². The van der Waals surface area contributed by atoms with Crippen LogP contribution in [-0.2, 0) is 29.0 Å². The molecule has 0 spiro atoms. The minimum atomic E-state index is -1.32. The van der Waals surface area contributed by atoms with Crippen LogP contribution in [0.2, 0.25) is 0 Å². The molecule has 1 saturated heterocycles. The fourth-order valence-electron chi connectivity index (χ4n) is 6.28. The summed E-state index contributed by atoms with van der Waals surface area (Å²) in [5.74, 6) is -2.06. The highest BCUT2D eigenvalue weighted by molar-refractivity contribution is 6.02. The number of nitrogens with zero attached hydrogens (tertiary/aromatic N) is 4. The molecule has 214 valence electrons. The zero-order chi connectivity index (χ0) is 28.8. The predicted octanol–water partition coefficient (Wildman–Crippen LogP) is 4.70. The molecule has 3 aromatic rings. The van der Waals surface area contributed by atoms with E-state index < -0.39 is 41.9 Å². The van der Waals surface area contributed by atoms with Gasteiger partial charge in [-0.3, -0.25) is 4.79 Å². The number of likely N-dealkylation sites (tertiary alicyclic amines) is 1. The van der Waals surface area contributed by atoms with Gasteiger partial charge in [0.25, 0.3) is 5.91 Å². The number of rotatable bonds is 6. The van der Waals surface area contributed by atoms with Crippen LogP contribution < -0.4 is 0 Å². The molecule has 11 heteroatoms. The normalized spacial score (nSPS) is 20.6. The maximum Gasteiger partial charge on any atom is 0.407 e. The number of carbonyl (C=O) groups excluding carboxylic acids is 2. The first-order valence-electron chi connectivity index (χ1n) is 13.8. The molecule has 1 N–H and O–H groups in total. The van der Waals surface area contributed by atoms with Crippen molar-refractivity contribution >= 4 is 18.0 Å².